The van der Waals surface area contributed by atoms with Gasteiger partial charge in [0.1, 0.15) is 5.75 Å². The first-order chi connectivity index (χ1) is 14.0. The summed E-state index contributed by atoms with van der Waals surface area (Å²) in [7, 11) is 0. The summed E-state index contributed by atoms with van der Waals surface area (Å²) >= 11 is 6.18. The molecule has 1 heterocycles. The van der Waals surface area contributed by atoms with E-state index in [1.807, 2.05) is 31.2 Å². The van der Waals surface area contributed by atoms with E-state index in [4.69, 9.17) is 16.3 Å². The van der Waals surface area contributed by atoms with Crippen LogP contribution in [0.3, 0.4) is 0 Å². The van der Waals surface area contributed by atoms with Gasteiger partial charge in [0.2, 0.25) is 0 Å². The Hall–Kier alpha value is -2.79. The van der Waals surface area contributed by atoms with E-state index in [-0.39, 0.29) is 5.91 Å². The van der Waals surface area contributed by atoms with Crippen LogP contribution in [0.2, 0.25) is 5.02 Å². The fraction of sp³-hybridized carbons (Fsp3) is 0.304. The number of carbonyl (C=O) groups excluding carboxylic acids is 1. The molecule has 0 aliphatic heterocycles. The topological polar surface area (TPSA) is 66.5 Å². The Morgan fingerprint density at radius 1 is 1.34 bits per heavy atom. The third-order valence-electron chi connectivity index (χ3n) is 5.33. The van der Waals surface area contributed by atoms with Crippen molar-refractivity contribution in [1.82, 2.24) is 10.4 Å². The van der Waals surface area contributed by atoms with Gasteiger partial charge in [-0.3, -0.25) is 4.79 Å². The monoisotopic (exact) mass is 409 g/mol. The molecule has 1 amide bonds. The van der Waals surface area contributed by atoms with Crippen molar-refractivity contribution >= 4 is 34.6 Å². The van der Waals surface area contributed by atoms with Gasteiger partial charge in [-0.2, -0.15) is 5.10 Å². The quantitative estimate of drug-likeness (QED) is 0.454. The number of halogens is 1. The number of amides is 1. The number of rotatable bonds is 5. The van der Waals surface area contributed by atoms with Gasteiger partial charge >= 0.3 is 0 Å². The lowest BCUT2D eigenvalue weighted by molar-refractivity contribution is 0.0955. The van der Waals surface area contributed by atoms with Crippen molar-refractivity contribution in [3.8, 4) is 5.75 Å². The zero-order chi connectivity index (χ0) is 20.4. The summed E-state index contributed by atoms with van der Waals surface area (Å²) in [5.41, 5.74) is 7.72. The number of hydrogen-bond acceptors (Lipinski definition) is 3. The summed E-state index contributed by atoms with van der Waals surface area (Å²) in [6, 6.07) is 11.1. The van der Waals surface area contributed by atoms with Crippen molar-refractivity contribution in [3.63, 3.8) is 0 Å². The summed E-state index contributed by atoms with van der Waals surface area (Å²) in [4.78, 5) is 16.1. The zero-order valence-electron chi connectivity index (χ0n) is 16.6. The number of nitrogens with zero attached hydrogens (tertiary/aromatic N) is 1. The summed E-state index contributed by atoms with van der Waals surface area (Å²) in [5, 5.41) is 5.72. The Balaban J connectivity index is 1.48. The molecular weight excluding hydrogens is 386 g/mol. The maximum absolute atomic E-state index is 12.6. The van der Waals surface area contributed by atoms with Crippen LogP contribution in [-0.4, -0.2) is 23.7 Å². The highest BCUT2D eigenvalue weighted by Crippen LogP contribution is 2.32. The lowest BCUT2D eigenvalue weighted by Crippen LogP contribution is -2.17. The van der Waals surface area contributed by atoms with Crippen LogP contribution in [0.4, 0.5) is 0 Å². The molecule has 0 bridgehead atoms. The van der Waals surface area contributed by atoms with E-state index in [9.17, 15) is 4.79 Å². The van der Waals surface area contributed by atoms with Gasteiger partial charge in [0, 0.05) is 22.2 Å². The highest BCUT2D eigenvalue weighted by Gasteiger charge is 2.20. The third kappa shape index (κ3) is 4.15. The minimum atomic E-state index is -0.237. The average molecular weight is 410 g/mol. The molecule has 1 atom stereocenters. The van der Waals surface area contributed by atoms with Gasteiger partial charge in [-0.25, -0.2) is 5.43 Å². The number of aryl methyl sites for hydroxylation is 1. The van der Waals surface area contributed by atoms with Crippen molar-refractivity contribution in [3.05, 3.63) is 63.8 Å². The number of carbonyl (C=O) groups is 1. The van der Waals surface area contributed by atoms with Crippen molar-refractivity contribution in [2.75, 3.05) is 6.61 Å². The van der Waals surface area contributed by atoms with Crippen LogP contribution in [-0.2, 0) is 12.8 Å². The lowest BCUT2D eigenvalue weighted by atomic mass is 9.87. The molecule has 0 radical (unpaired) electrons. The zero-order valence-corrected chi connectivity index (χ0v) is 17.3. The molecule has 0 fully saturated rings. The van der Waals surface area contributed by atoms with Crippen LogP contribution in [0.15, 0.2) is 41.5 Å². The van der Waals surface area contributed by atoms with Crippen LogP contribution in [0, 0.1) is 5.92 Å². The Labute approximate surface area is 175 Å². The highest BCUT2D eigenvalue weighted by atomic mass is 35.5. The predicted molar refractivity (Wildman–Crippen MR) is 117 cm³/mol. The van der Waals surface area contributed by atoms with E-state index in [2.05, 4.69) is 22.4 Å². The fourth-order valence-electron chi connectivity index (χ4n) is 3.83. The number of fused-ring (bicyclic) bond motifs is 3. The Morgan fingerprint density at radius 3 is 3.00 bits per heavy atom. The van der Waals surface area contributed by atoms with Crippen molar-refractivity contribution < 1.29 is 9.53 Å². The minimum absolute atomic E-state index is 0.237. The molecule has 2 N–H and O–H groups in total. The van der Waals surface area contributed by atoms with Gasteiger partial charge in [0.15, 0.2) is 0 Å². The predicted octanol–water partition coefficient (Wildman–Crippen LogP) is 5.11. The Kier molecular flexibility index (Phi) is 5.58. The van der Waals surface area contributed by atoms with Crippen molar-refractivity contribution in [1.29, 1.82) is 0 Å². The number of aromatic amines is 1. The summed E-state index contributed by atoms with van der Waals surface area (Å²) < 4.78 is 5.42. The van der Waals surface area contributed by atoms with Gasteiger partial charge in [0.25, 0.3) is 5.91 Å². The highest BCUT2D eigenvalue weighted by molar-refractivity contribution is 6.32. The second kappa shape index (κ2) is 8.29. The van der Waals surface area contributed by atoms with E-state index in [1.165, 1.54) is 17.7 Å². The van der Waals surface area contributed by atoms with E-state index >= 15 is 0 Å². The standard InChI is InChI=1S/C23H24ClN3O2/c1-3-29-22-9-5-15(11-19(22)24)13-25-27-23(28)16-6-8-21-18(12-16)17-10-14(2)4-7-20(17)26-21/h5-6,8-9,11-14,26H,3-4,7,10H2,1-2H3,(H,27,28)/b25-13-. The Bertz CT molecular complexity index is 1090. The number of aromatic nitrogens is 1. The van der Waals surface area contributed by atoms with Crippen LogP contribution in [0.1, 0.15) is 47.4 Å². The molecule has 0 saturated carbocycles. The molecule has 5 nitrogen and oxygen atoms in total. The molecule has 2 aromatic carbocycles. The summed E-state index contributed by atoms with van der Waals surface area (Å²) in [6.07, 6.45) is 4.90. The van der Waals surface area contributed by atoms with Crippen LogP contribution in [0.25, 0.3) is 10.9 Å². The van der Waals surface area contributed by atoms with E-state index < -0.39 is 0 Å². The molecule has 6 heteroatoms. The number of H-pyrrole nitrogens is 1. The molecule has 1 aliphatic carbocycles. The fourth-order valence-corrected chi connectivity index (χ4v) is 4.08. The minimum Gasteiger partial charge on any atom is -0.492 e. The van der Waals surface area contributed by atoms with Gasteiger partial charge in [-0.15, -0.1) is 0 Å². The SMILES string of the molecule is CCOc1ccc(/C=N\NC(=O)c2ccc3[nH]c4c(c3c2)CC(C)CC4)cc1Cl. The average Bonchev–Trinajstić information content (AvgIpc) is 3.07. The molecule has 3 aromatic rings. The first kappa shape index (κ1) is 19.5. The lowest BCUT2D eigenvalue weighted by Gasteiger charge is -2.18. The maximum Gasteiger partial charge on any atom is 0.271 e. The van der Waals surface area contributed by atoms with Gasteiger partial charge in [0.05, 0.1) is 17.8 Å². The van der Waals surface area contributed by atoms with E-state index in [0.717, 1.165) is 29.3 Å². The number of hydrogen-bond donors (Lipinski definition) is 2. The molecular formula is C23H24ClN3O2. The third-order valence-corrected chi connectivity index (χ3v) is 5.63. The Morgan fingerprint density at radius 2 is 2.21 bits per heavy atom. The van der Waals surface area contributed by atoms with E-state index in [1.54, 1.807) is 18.3 Å². The summed E-state index contributed by atoms with van der Waals surface area (Å²) in [6.45, 7) is 4.74. The number of hydrazone groups is 1. The van der Waals surface area contributed by atoms with Gasteiger partial charge in [-0.05, 0) is 79.6 Å². The first-order valence-electron chi connectivity index (χ1n) is 9.94. The molecule has 0 saturated heterocycles. The van der Waals surface area contributed by atoms with Crippen LogP contribution in [0.5, 0.6) is 5.75 Å². The molecule has 150 valence electrons. The smallest absolute Gasteiger partial charge is 0.271 e. The maximum atomic E-state index is 12.6. The second-order valence-electron chi connectivity index (χ2n) is 7.51. The van der Waals surface area contributed by atoms with Gasteiger partial charge < -0.3 is 9.72 Å². The molecule has 4 rings (SSSR count). The van der Waals surface area contributed by atoms with Crippen LogP contribution >= 0.6 is 11.6 Å². The van der Waals surface area contributed by atoms with Crippen molar-refractivity contribution in [2.45, 2.75) is 33.1 Å². The molecule has 1 aromatic heterocycles. The number of ether oxygens (including phenoxy) is 1. The molecule has 1 unspecified atom stereocenters. The van der Waals surface area contributed by atoms with Gasteiger partial charge in [-0.1, -0.05) is 18.5 Å². The first-order valence-corrected chi connectivity index (χ1v) is 10.3. The second-order valence-corrected chi connectivity index (χ2v) is 7.92. The summed E-state index contributed by atoms with van der Waals surface area (Å²) in [5.74, 6) is 1.07. The largest absolute Gasteiger partial charge is 0.492 e. The molecule has 0 spiro atoms. The number of benzene rings is 2. The van der Waals surface area contributed by atoms with Crippen molar-refractivity contribution in [2.24, 2.45) is 11.0 Å². The van der Waals surface area contributed by atoms with E-state index in [0.29, 0.717) is 28.9 Å². The normalized spacial score (nSPS) is 16.2. The molecule has 29 heavy (non-hydrogen) atoms. The van der Waals surface area contributed by atoms with Crippen LogP contribution < -0.4 is 10.2 Å². The number of nitrogens with one attached hydrogen (secondary N) is 2. The molecule has 1 aliphatic rings.